The van der Waals surface area contributed by atoms with Gasteiger partial charge in [-0.15, -0.1) is 0 Å². The first kappa shape index (κ1) is 27.0. The maximum absolute atomic E-state index is 14.9. The molecule has 2 heterocycles. The molecule has 2 aromatic carbocycles. The van der Waals surface area contributed by atoms with Gasteiger partial charge in [-0.05, 0) is 35.0 Å². The highest BCUT2D eigenvalue weighted by atomic mass is 35.5. The fraction of sp³-hybridized carbons (Fsp3) is 0.273. The van der Waals surface area contributed by atoms with Crippen LogP contribution in [0.15, 0.2) is 36.4 Å². The molecule has 15 heteroatoms. The normalized spacial score (nSPS) is 19.8. The van der Waals surface area contributed by atoms with Gasteiger partial charge in [-0.2, -0.15) is 8.78 Å². The number of rotatable bonds is 5. The number of imide groups is 1. The third-order valence-corrected chi connectivity index (χ3v) is 6.60. The van der Waals surface area contributed by atoms with Crippen LogP contribution in [0.5, 0.6) is 0 Å². The average molecular weight is 511 g/mol. The zero-order valence-corrected chi connectivity index (χ0v) is 19.8. The van der Waals surface area contributed by atoms with E-state index in [9.17, 15) is 28.0 Å². The Kier molecular flexibility index (Phi) is 6.86. The molecule has 0 saturated carbocycles. The van der Waals surface area contributed by atoms with Crippen molar-refractivity contribution in [3.63, 3.8) is 0 Å². The van der Waals surface area contributed by atoms with Crippen LogP contribution in [-0.4, -0.2) is 78.7 Å². The third-order valence-electron chi connectivity index (χ3n) is 6.35. The third kappa shape index (κ3) is 4.49. The second kappa shape index (κ2) is 9.38. The van der Waals surface area contributed by atoms with E-state index < -0.39 is 52.4 Å². The number of halogens is 3. The van der Waals surface area contributed by atoms with E-state index in [4.69, 9.17) is 51.0 Å². The summed E-state index contributed by atoms with van der Waals surface area (Å²) in [7, 11) is 30.3. The summed E-state index contributed by atoms with van der Waals surface area (Å²) in [6.45, 7) is 0. The summed E-state index contributed by atoms with van der Waals surface area (Å²) in [6, 6.07) is 5.48. The fourth-order valence-corrected chi connectivity index (χ4v) is 4.50. The van der Waals surface area contributed by atoms with Crippen molar-refractivity contribution in [3.05, 3.63) is 63.7 Å². The second-order valence-electron chi connectivity index (χ2n) is 8.73. The number of piperidine rings is 1. The largest absolute Gasteiger partial charge is 0.393 e. The number of carbonyl (C=O) groups excluding carboxylic acids is 4. The molecule has 37 heavy (non-hydrogen) atoms. The zero-order chi connectivity index (χ0) is 27.4. The standard InChI is InChI=1S/C22H13B5ClF2N3O4/c23-14-8-11-13(22(25,26)32(19(11)36)15-5-6-16(34)31-18(15)35)7-12(14)17(24)33(27)20(37)21(29,30)9-1-3-10(28)4-2-9/h1-4,7-8,15,17H,5-6H2,(H,31,34,35). The Morgan fingerprint density at radius 1 is 1.19 bits per heavy atom. The van der Waals surface area contributed by atoms with Gasteiger partial charge in [-0.3, -0.25) is 24.5 Å². The molecule has 2 aromatic rings. The van der Waals surface area contributed by atoms with Crippen LogP contribution in [0.2, 0.25) is 5.02 Å². The molecule has 4 rings (SSSR count). The van der Waals surface area contributed by atoms with E-state index in [1.54, 1.807) is 0 Å². The van der Waals surface area contributed by atoms with Crippen LogP contribution in [0.3, 0.4) is 0 Å². The Morgan fingerprint density at radius 2 is 1.81 bits per heavy atom. The minimum absolute atomic E-state index is 0.0206. The Morgan fingerprint density at radius 3 is 2.41 bits per heavy atom. The number of amides is 4. The maximum Gasteiger partial charge on any atom is 0.348 e. The molecule has 176 valence electrons. The van der Waals surface area contributed by atoms with E-state index in [1.807, 2.05) is 0 Å². The van der Waals surface area contributed by atoms with Crippen molar-refractivity contribution in [3.8, 4) is 0 Å². The van der Waals surface area contributed by atoms with E-state index in [2.05, 4.69) is 5.32 Å². The number of carbonyl (C=O) groups is 4. The van der Waals surface area contributed by atoms with Gasteiger partial charge < -0.3 is 9.71 Å². The SMILES string of the molecule is [B]c1cc2c(cc1C([B])N([B])C(=O)C(F)(F)c1ccc(Cl)cc1)C([B])([B])N(C1CCC(=O)NC1=O)C2=O. The maximum atomic E-state index is 14.9. The summed E-state index contributed by atoms with van der Waals surface area (Å²) >= 11 is 5.72. The molecule has 2 aliphatic heterocycles. The van der Waals surface area contributed by atoms with E-state index in [1.165, 1.54) is 18.2 Å². The predicted octanol–water partition coefficient (Wildman–Crippen LogP) is -0.287. The number of nitrogens with zero attached hydrogens (tertiary/aromatic N) is 2. The molecule has 2 aliphatic rings. The Balaban J connectivity index is 1.66. The summed E-state index contributed by atoms with van der Waals surface area (Å²) in [5, 5.41) is 0.249. The molecule has 0 aliphatic carbocycles. The van der Waals surface area contributed by atoms with Crippen LogP contribution in [0.1, 0.15) is 45.8 Å². The molecule has 1 N–H and O–H groups in total. The minimum atomic E-state index is -4.06. The lowest BCUT2D eigenvalue weighted by atomic mass is 9.57. The van der Waals surface area contributed by atoms with Crippen LogP contribution in [0.25, 0.3) is 0 Å². The Hall–Kier alpha value is -3.01. The summed E-state index contributed by atoms with van der Waals surface area (Å²) in [5.41, 5.74) is -1.06. The predicted molar refractivity (Wildman–Crippen MR) is 134 cm³/mol. The summed E-state index contributed by atoms with van der Waals surface area (Å²) in [6.07, 6.45) is -0.0653. The molecular formula is C22H13B5ClF2N3O4. The second-order valence-corrected chi connectivity index (χ2v) is 9.17. The molecule has 0 spiro atoms. The van der Waals surface area contributed by atoms with Gasteiger partial charge in [0.2, 0.25) is 19.8 Å². The minimum Gasteiger partial charge on any atom is -0.393 e. The van der Waals surface area contributed by atoms with Crippen LogP contribution in [-0.2, 0) is 25.6 Å². The van der Waals surface area contributed by atoms with Crippen molar-refractivity contribution in [1.82, 2.24) is 15.0 Å². The average Bonchev–Trinajstić information content (AvgIpc) is 3.02. The summed E-state index contributed by atoms with van der Waals surface area (Å²) < 4.78 is 29.7. The van der Waals surface area contributed by atoms with Crippen molar-refractivity contribution in [1.29, 1.82) is 0 Å². The van der Waals surface area contributed by atoms with Gasteiger partial charge in [-0.1, -0.05) is 41.3 Å². The first-order chi connectivity index (χ1) is 17.2. The van der Waals surface area contributed by atoms with E-state index in [-0.39, 0.29) is 44.8 Å². The van der Waals surface area contributed by atoms with Gasteiger partial charge in [0.25, 0.3) is 11.8 Å². The van der Waals surface area contributed by atoms with E-state index >= 15 is 0 Å². The Labute approximate surface area is 222 Å². The smallest absolute Gasteiger partial charge is 0.348 e. The molecule has 7 nitrogen and oxygen atoms in total. The molecular weight excluding hydrogens is 498 g/mol. The Bertz CT molecular complexity index is 1330. The van der Waals surface area contributed by atoms with Crippen LogP contribution >= 0.6 is 11.6 Å². The van der Waals surface area contributed by atoms with Crippen LogP contribution in [0.4, 0.5) is 8.78 Å². The number of hydrogen-bond acceptors (Lipinski definition) is 4. The molecule has 2 atom stereocenters. The van der Waals surface area contributed by atoms with Crippen molar-refractivity contribution in [2.75, 3.05) is 0 Å². The van der Waals surface area contributed by atoms with Gasteiger partial charge in [0.05, 0.1) is 15.7 Å². The lowest BCUT2D eigenvalue weighted by Crippen LogP contribution is -2.59. The van der Waals surface area contributed by atoms with Crippen molar-refractivity contribution in [2.45, 2.75) is 36.1 Å². The van der Waals surface area contributed by atoms with Gasteiger partial charge in [0.1, 0.15) is 21.7 Å². The van der Waals surface area contributed by atoms with Crippen LogP contribution < -0.4 is 10.8 Å². The number of hydrogen-bond donors (Lipinski definition) is 1. The van der Waals surface area contributed by atoms with E-state index in [0.717, 1.165) is 23.1 Å². The monoisotopic (exact) mass is 511 g/mol. The molecule has 4 amide bonds. The molecule has 2 unspecified atom stereocenters. The number of nitrogens with one attached hydrogen (secondary N) is 1. The van der Waals surface area contributed by atoms with Gasteiger partial charge >= 0.3 is 5.92 Å². The number of fused-ring (bicyclic) bond motifs is 1. The number of benzene rings is 2. The lowest BCUT2D eigenvalue weighted by molar-refractivity contribution is -0.154. The quantitative estimate of drug-likeness (QED) is 0.443. The first-order valence-corrected chi connectivity index (χ1v) is 11.2. The molecule has 10 radical (unpaired) electrons. The van der Waals surface area contributed by atoms with Gasteiger partial charge in [0, 0.05) is 28.5 Å². The van der Waals surface area contributed by atoms with Crippen molar-refractivity contribution >= 4 is 80.1 Å². The molecule has 0 aromatic heterocycles. The molecule has 1 saturated heterocycles. The topological polar surface area (TPSA) is 86.8 Å². The van der Waals surface area contributed by atoms with Crippen molar-refractivity contribution in [2.24, 2.45) is 0 Å². The van der Waals surface area contributed by atoms with Crippen molar-refractivity contribution < 1.29 is 28.0 Å². The zero-order valence-electron chi connectivity index (χ0n) is 19.1. The highest BCUT2D eigenvalue weighted by molar-refractivity contribution is 6.44. The summed E-state index contributed by atoms with van der Waals surface area (Å²) in [5.74, 6) is -9.61. The number of alkyl halides is 2. The van der Waals surface area contributed by atoms with E-state index in [0.29, 0.717) is 0 Å². The van der Waals surface area contributed by atoms with Gasteiger partial charge in [-0.25, -0.2) is 0 Å². The first-order valence-electron chi connectivity index (χ1n) is 10.8. The highest BCUT2D eigenvalue weighted by Gasteiger charge is 2.49. The highest BCUT2D eigenvalue weighted by Crippen LogP contribution is 2.39. The van der Waals surface area contributed by atoms with Gasteiger partial charge in [0.15, 0.2) is 0 Å². The fourth-order valence-electron chi connectivity index (χ4n) is 4.37. The summed E-state index contributed by atoms with van der Waals surface area (Å²) in [4.78, 5) is 50.7. The molecule has 1 fully saturated rings. The van der Waals surface area contributed by atoms with Crippen LogP contribution in [0, 0.1) is 0 Å². The molecule has 0 bridgehead atoms. The lowest BCUT2D eigenvalue weighted by Gasteiger charge is -2.40.